The van der Waals surface area contributed by atoms with E-state index in [1.807, 2.05) is 0 Å². The molecule has 1 N–H and O–H groups in total. The number of rotatable bonds is 5. The third-order valence-corrected chi connectivity index (χ3v) is 4.39. The minimum atomic E-state index is -3.85. The first-order chi connectivity index (χ1) is 8.27. The molecule has 0 spiro atoms. The van der Waals surface area contributed by atoms with Crippen LogP contribution in [0.4, 0.5) is 0 Å². The second-order valence-electron chi connectivity index (χ2n) is 3.48. The van der Waals surface area contributed by atoms with E-state index in [9.17, 15) is 13.2 Å². The molecule has 6 nitrogen and oxygen atoms in total. The third kappa shape index (κ3) is 3.44. The van der Waals surface area contributed by atoms with Gasteiger partial charge in [-0.15, -0.1) is 0 Å². The highest BCUT2D eigenvalue weighted by Crippen LogP contribution is 2.25. The molecule has 0 atom stereocenters. The number of likely N-dealkylation sites (N-methyl/N-ethyl adjacent to an activating group) is 1. The van der Waals surface area contributed by atoms with Gasteiger partial charge < -0.3 is 9.84 Å². The molecule has 0 aliphatic heterocycles. The molecule has 100 valence electrons. The van der Waals surface area contributed by atoms with Crippen molar-refractivity contribution in [2.45, 2.75) is 4.90 Å². The van der Waals surface area contributed by atoms with Crippen LogP contribution in [0.5, 0.6) is 5.75 Å². The lowest BCUT2D eigenvalue weighted by molar-refractivity contribution is -0.137. The van der Waals surface area contributed by atoms with Gasteiger partial charge in [-0.2, -0.15) is 4.31 Å². The molecule has 0 amide bonds. The number of aliphatic carboxylic acids is 1. The van der Waals surface area contributed by atoms with Crippen LogP contribution >= 0.6 is 15.9 Å². The van der Waals surface area contributed by atoms with Crippen molar-refractivity contribution in [1.29, 1.82) is 0 Å². The Hall–Kier alpha value is -1.12. The SMILES string of the molecule is COc1cc(Br)cc(S(=O)(=O)N(C)CC(=O)O)c1. The highest BCUT2D eigenvalue weighted by atomic mass is 79.9. The largest absolute Gasteiger partial charge is 0.497 e. The average Bonchev–Trinajstić information content (AvgIpc) is 2.27. The highest BCUT2D eigenvalue weighted by molar-refractivity contribution is 9.10. The number of benzene rings is 1. The molecule has 18 heavy (non-hydrogen) atoms. The molecule has 0 bridgehead atoms. The fraction of sp³-hybridized carbons (Fsp3) is 0.300. The second-order valence-corrected chi connectivity index (χ2v) is 6.44. The summed E-state index contributed by atoms with van der Waals surface area (Å²) in [6.07, 6.45) is 0. The molecule has 1 rings (SSSR count). The Balaban J connectivity index is 3.19. The minimum Gasteiger partial charge on any atom is -0.497 e. The molecule has 8 heteroatoms. The quantitative estimate of drug-likeness (QED) is 0.871. The summed E-state index contributed by atoms with van der Waals surface area (Å²) < 4.78 is 30.4. The number of methoxy groups -OCH3 is 1. The molecule has 0 aliphatic rings. The fourth-order valence-corrected chi connectivity index (χ4v) is 3.06. The number of carboxylic acids is 1. The van der Waals surface area contributed by atoms with Crippen LogP contribution < -0.4 is 4.74 Å². The summed E-state index contributed by atoms with van der Waals surface area (Å²) in [5.41, 5.74) is 0. The third-order valence-electron chi connectivity index (χ3n) is 2.15. The van der Waals surface area contributed by atoms with Gasteiger partial charge in [0, 0.05) is 17.6 Å². The molecular weight excluding hydrogens is 326 g/mol. The van der Waals surface area contributed by atoms with E-state index in [4.69, 9.17) is 9.84 Å². The predicted octanol–water partition coefficient (Wildman–Crippen LogP) is 1.16. The van der Waals surface area contributed by atoms with E-state index in [1.165, 1.54) is 26.3 Å². The average molecular weight is 338 g/mol. The summed E-state index contributed by atoms with van der Waals surface area (Å²) in [4.78, 5) is 10.5. The standard InChI is InChI=1S/C10H12BrNO5S/c1-12(6-10(13)14)18(15,16)9-4-7(11)3-8(5-9)17-2/h3-5H,6H2,1-2H3,(H,13,14). The van der Waals surface area contributed by atoms with Gasteiger partial charge in [-0.1, -0.05) is 15.9 Å². The smallest absolute Gasteiger partial charge is 0.318 e. The Labute approximate surface area is 113 Å². The summed E-state index contributed by atoms with van der Waals surface area (Å²) >= 11 is 3.17. The number of hydrogen-bond acceptors (Lipinski definition) is 4. The number of carbonyl (C=O) groups is 1. The normalized spacial score (nSPS) is 11.6. The Morgan fingerprint density at radius 2 is 2.06 bits per heavy atom. The molecule has 0 unspecified atom stereocenters. The monoisotopic (exact) mass is 337 g/mol. The van der Waals surface area contributed by atoms with Gasteiger partial charge >= 0.3 is 5.97 Å². The molecule has 0 heterocycles. The van der Waals surface area contributed by atoms with Gasteiger partial charge in [0.05, 0.1) is 12.0 Å². The van der Waals surface area contributed by atoms with E-state index >= 15 is 0 Å². The number of carboxylic acid groups (broad SMARTS) is 1. The zero-order valence-electron chi connectivity index (χ0n) is 9.75. The summed E-state index contributed by atoms with van der Waals surface area (Å²) in [6, 6.07) is 4.32. The van der Waals surface area contributed by atoms with Gasteiger partial charge in [0.2, 0.25) is 10.0 Å². The van der Waals surface area contributed by atoms with E-state index < -0.39 is 22.5 Å². The first-order valence-electron chi connectivity index (χ1n) is 4.80. The summed E-state index contributed by atoms with van der Waals surface area (Å²) in [5, 5.41) is 8.61. The summed E-state index contributed by atoms with van der Waals surface area (Å²) in [6.45, 7) is -0.600. The Bertz CT molecular complexity index is 557. The van der Waals surface area contributed by atoms with E-state index in [0.29, 0.717) is 10.2 Å². The molecule has 0 radical (unpaired) electrons. The molecule has 0 aliphatic carbocycles. The first kappa shape index (κ1) is 14.9. The zero-order valence-corrected chi connectivity index (χ0v) is 12.2. The maximum absolute atomic E-state index is 12.1. The van der Waals surface area contributed by atoms with Crippen molar-refractivity contribution in [3.63, 3.8) is 0 Å². The second kappa shape index (κ2) is 5.68. The zero-order chi connectivity index (χ0) is 13.9. The molecule has 0 saturated carbocycles. The van der Waals surface area contributed by atoms with Crippen LogP contribution in [0, 0.1) is 0 Å². The van der Waals surface area contributed by atoms with Gasteiger partial charge in [0.15, 0.2) is 0 Å². The number of sulfonamides is 1. The van der Waals surface area contributed by atoms with Crippen LogP contribution in [0.2, 0.25) is 0 Å². The predicted molar refractivity (Wildman–Crippen MR) is 68.1 cm³/mol. The number of hydrogen-bond donors (Lipinski definition) is 1. The van der Waals surface area contributed by atoms with Crippen LogP contribution in [0.15, 0.2) is 27.6 Å². The number of nitrogens with zero attached hydrogens (tertiary/aromatic N) is 1. The van der Waals surface area contributed by atoms with Crippen molar-refractivity contribution in [2.24, 2.45) is 0 Å². The maximum Gasteiger partial charge on any atom is 0.318 e. The van der Waals surface area contributed by atoms with Crippen molar-refractivity contribution in [1.82, 2.24) is 4.31 Å². The lowest BCUT2D eigenvalue weighted by Crippen LogP contribution is -2.32. The molecule has 0 aromatic heterocycles. The molecule has 1 aromatic rings. The van der Waals surface area contributed by atoms with Crippen LogP contribution in [0.3, 0.4) is 0 Å². The Kier molecular flexibility index (Phi) is 4.71. The topological polar surface area (TPSA) is 83.9 Å². The molecule has 0 fully saturated rings. The number of halogens is 1. The Morgan fingerprint density at radius 1 is 1.44 bits per heavy atom. The summed E-state index contributed by atoms with van der Waals surface area (Å²) in [5.74, 6) is -0.852. The van der Waals surface area contributed by atoms with E-state index in [1.54, 1.807) is 6.07 Å². The summed E-state index contributed by atoms with van der Waals surface area (Å²) in [7, 11) is -1.23. The molecule has 1 aromatic carbocycles. The van der Waals surface area contributed by atoms with Crippen molar-refractivity contribution in [2.75, 3.05) is 20.7 Å². The van der Waals surface area contributed by atoms with E-state index in [0.717, 1.165) is 4.31 Å². The van der Waals surface area contributed by atoms with Crippen LogP contribution in [0.25, 0.3) is 0 Å². The highest BCUT2D eigenvalue weighted by Gasteiger charge is 2.23. The van der Waals surface area contributed by atoms with Gasteiger partial charge in [-0.25, -0.2) is 8.42 Å². The van der Waals surface area contributed by atoms with Crippen molar-refractivity contribution in [3.8, 4) is 5.75 Å². The van der Waals surface area contributed by atoms with Crippen LogP contribution in [-0.4, -0.2) is 44.5 Å². The molecule has 0 saturated heterocycles. The first-order valence-corrected chi connectivity index (χ1v) is 7.03. The minimum absolute atomic E-state index is 0.0301. The number of ether oxygens (including phenoxy) is 1. The van der Waals surface area contributed by atoms with Crippen LogP contribution in [0.1, 0.15) is 0 Å². The van der Waals surface area contributed by atoms with Crippen LogP contribution in [-0.2, 0) is 14.8 Å². The maximum atomic E-state index is 12.1. The van der Waals surface area contributed by atoms with Gasteiger partial charge in [-0.05, 0) is 12.1 Å². The van der Waals surface area contributed by atoms with E-state index in [-0.39, 0.29) is 4.90 Å². The van der Waals surface area contributed by atoms with Crippen molar-refractivity contribution >= 4 is 31.9 Å². The van der Waals surface area contributed by atoms with Crippen molar-refractivity contribution in [3.05, 3.63) is 22.7 Å². The van der Waals surface area contributed by atoms with Gasteiger partial charge in [0.25, 0.3) is 0 Å². The fourth-order valence-electron chi connectivity index (χ4n) is 1.26. The lowest BCUT2D eigenvalue weighted by atomic mass is 10.3. The van der Waals surface area contributed by atoms with E-state index in [2.05, 4.69) is 15.9 Å². The molecular formula is C10H12BrNO5S. The van der Waals surface area contributed by atoms with Gasteiger partial charge in [-0.3, -0.25) is 4.79 Å². The van der Waals surface area contributed by atoms with Crippen molar-refractivity contribution < 1.29 is 23.1 Å². The van der Waals surface area contributed by atoms with Gasteiger partial charge in [0.1, 0.15) is 12.3 Å². The Morgan fingerprint density at radius 3 is 2.56 bits per heavy atom. The lowest BCUT2D eigenvalue weighted by Gasteiger charge is -2.15.